The first-order chi connectivity index (χ1) is 10.8. The SMILES string of the molecule is C#Cc1ccccc1-c1ccc(-c2ccccc2C#C)cc1. The minimum absolute atomic E-state index is 0.902. The van der Waals surface area contributed by atoms with E-state index in [1.807, 2.05) is 48.5 Å². The van der Waals surface area contributed by atoms with Crippen LogP contribution in [0.1, 0.15) is 11.1 Å². The van der Waals surface area contributed by atoms with Crippen molar-refractivity contribution < 1.29 is 0 Å². The molecule has 0 nitrogen and oxygen atoms in total. The molecule has 3 rings (SSSR count). The number of benzene rings is 3. The summed E-state index contributed by atoms with van der Waals surface area (Å²) in [5.74, 6) is 5.46. The van der Waals surface area contributed by atoms with E-state index in [0.717, 1.165) is 33.4 Å². The van der Waals surface area contributed by atoms with Gasteiger partial charge in [-0.3, -0.25) is 0 Å². The first-order valence-electron chi connectivity index (χ1n) is 7.05. The van der Waals surface area contributed by atoms with Crippen LogP contribution in [-0.4, -0.2) is 0 Å². The summed E-state index contributed by atoms with van der Waals surface area (Å²) < 4.78 is 0. The van der Waals surface area contributed by atoms with Crippen molar-refractivity contribution in [2.75, 3.05) is 0 Å². The third-order valence-electron chi connectivity index (χ3n) is 3.67. The van der Waals surface area contributed by atoms with Gasteiger partial charge in [0.05, 0.1) is 0 Å². The fourth-order valence-electron chi connectivity index (χ4n) is 2.55. The molecule has 0 heterocycles. The molecule has 0 aliphatic heterocycles. The van der Waals surface area contributed by atoms with Crippen LogP contribution in [0.25, 0.3) is 22.3 Å². The fraction of sp³-hybridized carbons (Fsp3) is 0. The van der Waals surface area contributed by atoms with Crippen LogP contribution >= 0.6 is 0 Å². The van der Waals surface area contributed by atoms with Gasteiger partial charge in [-0.1, -0.05) is 72.5 Å². The Bertz CT molecular complexity index is 808. The zero-order valence-electron chi connectivity index (χ0n) is 12.1. The predicted molar refractivity (Wildman–Crippen MR) is 93.2 cm³/mol. The van der Waals surface area contributed by atoms with Crippen LogP contribution in [0, 0.1) is 24.7 Å². The maximum Gasteiger partial charge on any atom is 0.0321 e. The summed E-state index contributed by atoms with van der Waals surface area (Å²) in [6, 6.07) is 24.2. The highest BCUT2D eigenvalue weighted by atomic mass is 14.1. The zero-order chi connectivity index (χ0) is 15.4. The van der Waals surface area contributed by atoms with Gasteiger partial charge in [-0.2, -0.15) is 0 Å². The van der Waals surface area contributed by atoms with Crippen LogP contribution in [-0.2, 0) is 0 Å². The van der Waals surface area contributed by atoms with Crippen molar-refractivity contribution in [2.45, 2.75) is 0 Å². The second-order valence-corrected chi connectivity index (χ2v) is 4.96. The van der Waals surface area contributed by atoms with Crippen molar-refractivity contribution in [1.82, 2.24) is 0 Å². The Morgan fingerprint density at radius 1 is 0.500 bits per heavy atom. The first-order valence-corrected chi connectivity index (χ1v) is 7.05. The fourth-order valence-corrected chi connectivity index (χ4v) is 2.55. The normalized spacial score (nSPS) is 9.73. The molecular formula is C22H14. The Labute approximate surface area is 131 Å². The number of rotatable bonds is 2. The second kappa shape index (κ2) is 6.04. The maximum absolute atomic E-state index is 5.57. The average molecular weight is 278 g/mol. The summed E-state index contributed by atoms with van der Waals surface area (Å²) in [5, 5.41) is 0. The van der Waals surface area contributed by atoms with Gasteiger partial charge in [0.2, 0.25) is 0 Å². The molecule has 22 heavy (non-hydrogen) atoms. The van der Waals surface area contributed by atoms with Gasteiger partial charge in [0.25, 0.3) is 0 Å². The monoisotopic (exact) mass is 278 g/mol. The molecule has 0 amide bonds. The molecule has 0 heteroatoms. The average Bonchev–Trinajstić information content (AvgIpc) is 2.62. The largest absolute Gasteiger partial charge is 0.115 e. The molecule has 0 aromatic heterocycles. The molecule has 0 aliphatic carbocycles. The van der Waals surface area contributed by atoms with E-state index in [1.165, 1.54) is 0 Å². The molecule has 0 fully saturated rings. The van der Waals surface area contributed by atoms with E-state index in [9.17, 15) is 0 Å². The van der Waals surface area contributed by atoms with Gasteiger partial charge < -0.3 is 0 Å². The molecule has 3 aromatic carbocycles. The van der Waals surface area contributed by atoms with Gasteiger partial charge >= 0.3 is 0 Å². The van der Waals surface area contributed by atoms with Gasteiger partial charge in [0, 0.05) is 11.1 Å². The van der Waals surface area contributed by atoms with Crippen LogP contribution in [0.15, 0.2) is 72.8 Å². The lowest BCUT2D eigenvalue weighted by Crippen LogP contribution is -1.86. The zero-order valence-corrected chi connectivity index (χ0v) is 12.1. The van der Waals surface area contributed by atoms with Gasteiger partial charge in [0.15, 0.2) is 0 Å². The second-order valence-electron chi connectivity index (χ2n) is 4.96. The van der Waals surface area contributed by atoms with Crippen LogP contribution in [0.5, 0.6) is 0 Å². The molecule has 0 radical (unpaired) electrons. The third-order valence-corrected chi connectivity index (χ3v) is 3.67. The van der Waals surface area contributed by atoms with Crippen LogP contribution in [0.4, 0.5) is 0 Å². The molecule has 0 saturated carbocycles. The van der Waals surface area contributed by atoms with E-state index in [1.54, 1.807) is 0 Å². The molecule has 0 spiro atoms. The Hall–Kier alpha value is -3.22. The lowest BCUT2D eigenvalue weighted by atomic mass is 9.95. The van der Waals surface area contributed by atoms with Gasteiger partial charge in [-0.25, -0.2) is 0 Å². The highest BCUT2D eigenvalue weighted by molar-refractivity contribution is 5.76. The standard InChI is InChI=1S/C22H14/c1-3-17-9-5-7-11-21(17)19-13-15-20(16-14-19)22-12-8-6-10-18(22)4-2/h1-2,5-16H. The predicted octanol–water partition coefficient (Wildman–Crippen LogP) is 4.98. The number of hydrogen-bond donors (Lipinski definition) is 0. The van der Waals surface area contributed by atoms with E-state index in [4.69, 9.17) is 12.8 Å². The van der Waals surface area contributed by atoms with E-state index in [2.05, 4.69) is 36.1 Å². The smallest absolute Gasteiger partial charge is 0.0321 e. The minimum Gasteiger partial charge on any atom is -0.115 e. The Kier molecular flexibility index (Phi) is 3.78. The van der Waals surface area contributed by atoms with Crippen molar-refractivity contribution in [3.63, 3.8) is 0 Å². The summed E-state index contributed by atoms with van der Waals surface area (Å²) in [7, 11) is 0. The summed E-state index contributed by atoms with van der Waals surface area (Å²) >= 11 is 0. The molecule has 0 bridgehead atoms. The lowest BCUT2D eigenvalue weighted by Gasteiger charge is -2.08. The Morgan fingerprint density at radius 2 is 0.864 bits per heavy atom. The van der Waals surface area contributed by atoms with Crippen molar-refractivity contribution in [3.8, 4) is 46.9 Å². The maximum atomic E-state index is 5.57. The Morgan fingerprint density at radius 3 is 1.23 bits per heavy atom. The van der Waals surface area contributed by atoms with Crippen molar-refractivity contribution >= 4 is 0 Å². The van der Waals surface area contributed by atoms with Crippen molar-refractivity contribution in [1.29, 1.82) is 0 Å². The summed E-state index contributed by atoms with van der Waals surface area (Å²) in [5.41, 5.74) is 6.16. The molecular weight excluding hydrogens is 264 g/mol. The topological polar surface area (TPSA) is 0 Å². The lowest BCUT2D eigenvalue weighted by molar-refractivity contribution is 1.56. The van der Waals surface area contributed by atoms with E-state index < -0.39 is 0 Å². The molecule has 0 atom stereocenters. The first kappa shape index (κ1) is 13.7. The van der Waals surface area contributed by atoms with E-state index >= 15 is 0 Å². The highest BCUT2D eigenvalue weighted by Crippen LogP contribution is 2.28. The van der Waals surface area contributed by atoms with E-state index in [-0.39, 0.29) is 0 Å². The molecule has 0 aliphatic rings. The molecule has 3 aromatic rings. The van der Waals surface area contributed by atoms with Crippen LogP contribution < -0.4 is 0 Å². The molecule has 0 N–H and O–H groups in total. The van der Waals surface area contributed by atoms with Crippen LogP contribution in [0.2, 0.25) is 0 Å². The quantitative estimate of drug-likeness (QED) is 0.580. The van der Waals surface area contributed by atoms with Gasteiger partial charge in [-0.15, -0.1) is 12.8 Å². The third kappa shape index (κ3) is 2.51. The van der Waals surface area contributed by atoms with Crippen LogP contribution in [0.3, 0.4) is 0 Å². The molecule has 0 saturated heterocycles. The number of terminal acetylenes is 2. The Balaban J connectivity index is 2.04. The van der Waals surface area contributed by atoms with E-state index in [0.29, 0.717) is 0 Å². The molecule has 0 unspecified atom stereocenters. The minimum atomic E-state index is 0.902. The molecule has 102 valence electrons. The van der Waals surface area contributed by atoms with Gasteiger partial charge in [-0.05, 0) is 34.4 Å². The van der Waals surface area contributed by atoms with Gasteiger partial charge in [0.1, 0.15) is 0 Å². The summed E-state index contributed by atoms with van der Waals surface area (Å²) in [6.45, 7) is 0. The van der Waals surface area contributed by atoms with Crippen molar-refractivity contribution in [2.24, 2.45) is 0 Å². The summed E-state index contributed by atoms with van der Waals surface area (Å²) in [4.78, 5) is 0. The highest BCUT2D eigenvalue weighted by Gasteiger charge is 2.05. The summed E-state index contributed by atoms with van der Waals surface area (Å²) in [6.07, 6.45) is 11.1. The van der Waals surface area contributed by atoms with Crippen molar-refractivity contribution in [3.05, 3.63) is 83.9 Å². The number of hydrogen-bond acceptors (Lipinski definition) is 0.